The average Bonchev–Trinajstić information content (AvgIpc) is 2.28. The summed E-state index contributed by atoms with van der Waals surface area (Å²) in [4.78, 5) is 0. The third-order valence-corrected chi connectivity index (χ3v) is 5.09. The van der Waals surface area contributed by atoms with Crippen LogP contribution >= 0.6 is 0 Å². The Labute approximate surface area is 104 Å². The van der Waals surface area contributed by atoms with E-state index in [9.17, 15) is 13.5 Å². The minimum atomic E-state index is -2.97. The monoisotopic (exact) mass is 264 g/mol. The summed E-state index contributed by atoms with van der Waals surface area (Å²) in [5.74, 6) is 0.0698. The fraction of sp³-hybridized carbons (Fsp3) is 1.00. The van der Waals surface area contributed by atoms with Crippen LogP contribution in [0.15, 0.2) is 0 Å². The van der Waals surface area contributed by atoms with E-state index < -0.39 is 15.9 Å². The van der Waals surface area contributed by atoms with Crippen LogP contribution in [-0.2, 0) is 14.6 Å². The highest BCUT2D eigenvalue weighted by Gasteiger charge is 2.32. The van der Waals surface area contributed by atoms with E-state index in [0.29, 0.717) is 19.6 Å². The van der Waals surface area contributed by atoms with Crippen LogP contribution in [-0.4, -0.2) is 44.3 Å². The van der Waals surface area contributed by atoms with Crippen LogP contribution < -0.4 is 0 Å². The zero-order valence-electron chi connectivity index (χ0n) is 10.8. The van der Waals surface area contributed by atoms with Gasteiger partial charge in [0.05, 0.1) is 18.0 Å². The standard InChI is InChI=1S/C12H24O4S/c1-3-7-16-9-12(13)10-5-4-6-11(8-10)17(2,14)15/h10-13H,3-9H2,1-2H3. The highest BCUT2D eigenvalue weighted by atomic mass is 32.2. The predicted molar refractivity (Wildman–Crippen MR) is 67.7 cm³/mol. The topological polar surface area (TPSA) is 63.6 Å². The first-order valence-electron chi connectivity index (χ1n) is 6.39. The zero-order valence-corrected chi connectivity index (χ0v) is 11.6. The molecule has 102 valence electrons. The van der Waals surface area contributed by atoms with E-state index in [1.165, 1.54) is 6.26 Å². The number of aliphatic hydroxyl groups excluding tert-OH is 1. The molecule has 0 aromatic rings. The largest absolute Gasteiger partial charge is 0.390 e. The van der Waals surface area contributed by atoms with Gasteiger partial charge in [0, 0.05) is 12.9 Å². The molecule has 0 bridgehead atoms. The van der Waals surface area contributed by atoms with E-state index in [1.807, 2.05) is 6.92 Å². The summed E-state index contributed by atoms with van der Waals surface area (Å²) in [6.07, 6.45) is 4.80. The molecule has 17 heavy (non-hydrogen) atoms. The number of aliphatic hydroxyl groups is 1. The maximum atomic E-state index is 11.5. The minimum Gasteiger partial charge on any atom is -0.390 e. The third kappa shape index (κ3) is 4.94. The quantitative estimate of drug-likeness (QED) is 0.736. The van der Waals surface area contributed by atoms with Crippen LogP contribution in [0.2, 0.25) is 0 Å². The van der Waals surface area contributed by atoms with Gasteiger partial charge in [0.1, 0.15) is 9.84 Å². The number of sulfone groups is 1. The molecule has 0 aromatic carbocycles. The Morgan fingerprint density at radius 3 is 2.71 bits per heavy atom. The molecule has 0 aliphatic heterocycles. The molecule has 0 heterocycles. The number of hydrogen-bond donors (Lipinski definition) is 1. The molecular weight excluding hydrogens is 240 g/mol. The molecule has 0 spiro atoms. The fourth-order valence-electron chi connectivity index (χ4n) is 2.40. The van der Waals surface area contributed by atoms with Gasteiger partial charge in [-0.2, -0.15) is 0 Å². The molecule has 1 aliphatic carbocycles. The molecule has 3 atom stereocenters. The first-order valence-corrected chi connectivity index (χ1v) is 8.35. The molecule has 0 radical (unpaired) electrons. The van der Waals surface area contributed by atoms with Gasteiger partial charge in [0.15, 0.2) is 0 Å². The molecule has 1 aliphatic rings. The van der Waals surface area contributed by atoms with Crippen LogP contribution in [0.25, 0.3) is 0 Å². The van der Waals surface area contributed by atoms with Gasteiger partial charge >= 0.3 is 0 Å². The number of rotatable bonds is 6. The van der Waals surface area contributed by atoms with Crippen molar-refractivity contribution in [1.82, 2.24) is 0 Å². The van der Waals surface area contributed by atoms with Gasteiger partial charge in [-0.1, -0.05) is 13.3 Å². The summed E-state index contributed by atoms with van der Waals surface area (Å²) < 4.78 is 28.3. The highest BCUT2D eigenvalue weighted by molar-refractivity contribution is 7.91. The molecule has 0 amide bonds. The smallest absolute Gasteiger partial charge is 0.150 e. The molecule has 0 saturated heterocycles. The molecule has 5 heteroatoms. The van der Waals surface area contributed by atoms with E-state index in [2.05, 4.69) is 0 Å². The Hall–Kier alpha value is -0.130. The van der Waals surface area contributed by atoms with Crippen molar-refractivity contribution in [2.24, 2.45) is 5.92 Å². The van der Waals surface area contributed by atoms with Crippen LogP contribution in [0.3, 0.4) is 0 Å². The molecule has 4 nitrogen and oxygen atoms in total. The summed E-state index contributed by atoms with van der Waals surface area (Å²) in [7, 11) is -2.97. The lowest BCUT2D eigenvalue weighted by Gasteiger charge is -2.31. The first kappa shape index (κ1) is 14.9. The van der Waals surface area contributed by atoms with Gasteiger partial charge in [-0.05, 0) is 31.6 Å². The van der Waals surface area contributed by atoms with Crippen LogP contribution in [0.1, 0.15) is 39.0 Å². The summed E-state index contributed by atoms with van der Waals surface area (Å²) in [5, 5.41) is 9.69. The van der Waals surface area contributed by atoms with Crippen molar-refractivity contribution in [3.8, 4) is 0 Å². The number of ether oxygens (including phenoxy) is 1. The summed E-state index contributed by atoms with van der Waals surface area (Å²) in [6, 6.07) is 0. The van der Waals surface area contributed by atoms with Crippen molar-refractivity contribution >= 4 is 9.84 Å². The molecular formula is C12H24O4S. The third-order valence-electron chi connectivity index (χ3n) is 3.45. The van der Waals surface area contributed by atoms with E-state index in [1.54, 1.807) is 0 Å². The van der Waals surface area contributed by atoms with Crippen LogP contribution in [0, 0.1) is 5.92 Å². The second kappa shape index (κ2) is 6.71. The first-order chi connectivity index (χ1) is 7.95. The van der Waals surface area contributed by atoms with E-state index in [4.69, 9.17) is 4.74 Å². The van der Waals surface area contributed by atoms with Gasteiger partial charge in [-0.3, -0.25) is 0 Å². The van der Waals surface area contributed by atoms with Crippen LogP contribution in [0.5, 0.6) is 0 Å². The SMILES string of the molecule is CCCOCC(O)C1CCCC(S(C)(=O)=O)C1. The van der Waals surface area contributed by atoms with Gasteiger partial charge in [-0.15, -0.1) is 0 Å². The Balaban J connectivity index is 2.43. The molecule has 1 rings (SSSR count). The fourth-order valence-corrected chi connectivity index (χ4v) is 3.60. The predicted octanol–water partition coefficient (Wildman–Crippen LogP) is 1.38. The summed E-state index contributed by atoms with van der Waals surface area (Å²) in [6.45, 7) is 3.00. The van der Waals surface area contributed by atoms with Crippen molar-refractivity contribution in [3.05, 3.63) is 0 Å². The van der Waals surface area contributed by atoms with E-state index >= 15 is 0 Å². The van der Waals surface area contributed by atoms with Crippen LogP contribution in [0.4, 0.5) is 0 Å². The zero-order chi connectivity index (χ0) is 12.9. The molecule has 1 saturated carbocycles. The average molecular weight is 264 g/mol. The lowest BCUT2D eigenvalue weighted by Crippen LogP contribution is -2.35. The van der Waals surface area contributed by atoms with Crippen molar-refractivity contribution in [3.63, 3.8) is 0 Å². The second-order valence-corrected chi connectivity index (χ2v) is 7.35. The number of hydrogen-bond acceptors (Lipinski definition) is 4. The Morgan fingerprint density at radius 1 is 1.41 bits per heavy atom. The lowest BCUT2D eigenvalue weighted by molar-refractivity contribution is -0.00416. The Kier molecular flexibility index (Phi) is 5.89. The summed E-state index contributed by atoms with van der Waals surface area (Å²) in [5.41, 5.74) is 0. The van der Waals surface area contributed by atoms with Gasteiger partial charge in [0.2, 0.25) is 0 Å². The van der Waals surface area contributed by atoms with E-state index in [0.717, 1.165) is 25.7 Å². The van der Waals surface area contributed by atoms with E-state index in [-0.39, 0.29) is 11.2 Å². The lowest BCUT2D eigenvalue weighted by atomic mass is 9.85. The normalized spacial score (nSPS) is 27.9. The van der Waals surface area contributed by atoms with Crippen molar-refractivity contribution in [1.29, 1.82) is 0 Å². The second-order valence-electron chi connectivity index (χ2n) is 5.02. The maximum Gasteiger partial charge on any atom is 0.150 e. The summed E-state index contributed by atoms with van der Waals surface area (Å²) >= 11 is 0. The molecule has 3 unspecified atom stereocenters. The van der Waals surface area contributed by atoms with Gasteiger partial charge < -0.3 is 9.84 Å². The minimum absolute atomic E-state index is 0.0698. The van der Waals surface area contributed by atoms with Gasteiger partial charge in [-0.25, -0.2) is 8.42 Å². The Morgan fingerprint density at radius 2 is 2.12 bits per heavy atom. The Bertz CT molecular complexity index is 312. The maximum absolute atomic E-state index is 11.5. The highest BCUT2D eigenvalue weighted by Crippen LogP contribution is 2.30. The molecule has 1 N–H and O–H groups in total. The van der Waals surface area contributed by atoms with Crippen molar-refractivity contribution in [2.45, 2.75) is 50.4 Å². The molecule has 0 aromatic heterocycles. The van der Waals surface area contributed by atoms with Gasteiger partial charge in [0.25, 0.3) is 0 Å². The van der Waals surface area contributed by atoms with Crippen molar-refractivity contribution < 1.29 is 18.3 Å². The van der Waals surface area contributed by atoms with Crippen molar-refractivity contribution in [2.75, 3.05) is 19.5 Å². The molecule has 1 fully saturated rings.